The number of hydrogen-bond acceptors (Lipinski definition) is 2. The molecule has 4 nitrogen and oxygen atoms in total. The zero-order valence-corrected chi connectivity index (χ0v) is 14.9. The first-order valence-electron chi connectivity index (χ1n) is 8.10. The zero-order valence-electron chi connectivity index (χ0n) is 14.9. The third-order valence-electron chi connectivity index (χ3n) is 3.79. The monoisotopic (exact) mass is 298 g/mol. The van der Waals surface area contributed by atoms with Gasteiger partial charge in [0.1, 0.15) is 0 Å². The lowest BCUT2D eigenvalue weighted by Crippen LogP contribution is -2.36. The molecule has 0 aromatic rings. The second-order valence-corrected chi connectivity index (χ2v) is 7.57. The Hall–Kier alpha value is -1.06. The van der Waals surface area contributed by atoms with Crippen LogP contribution in [0.4, 0.5) is 0 Å². The molecule has 21 heavy (non-hydrogen) atoms. The Kier molecular flexibility index (Phi) is 8.60. The Labute approximate surface area is 130 Å². The second kappa shape index (κ2) is 9.06. The van der Waals surface area contributed by atoms with Gasteiger partial charge in [-0.1, -0.05) is 48.5 Å². The van der Waals surface area contributed by atoms with Gasteiger partial charge in [0.2, 0.25) is 11.8 Å². The lowest BCUT2D eigenvalue weighted by molar-refractivity contribution is -0.128. The van der Waals surface area contributed by atoms with Crippen LogP contribution in [0.3, 0.4) is 0 Å². The number of nitrogens with one attached hydrogen (secondary N) is 2. The molecule has 0 aromatic heterocycles. The van der Waals surface area contributed by atoms with Gasteiger partial charge in [0.25, 0.3) is 0 Å². The fourth-order valence-corrected chi connectivity index (χ4v) is 2.28. The summed E-state index contributed by atoms with van der Waals surface area (Å²) in [6.45, 7) is 15.7. The Balaban J connectivity index is 3.89. The van der Waals surface area contributed by atoms with Crippen LogP contribution in [0.5, 0.6) is 0 Å². The maximum absolute atomic E-state index is 11.8. The van der Waals surface area contributed by atoms with E-state index in [1.807, 2.05) is 20.8 Å². The summed E-state index contributed by atoms with van der Waals surface area (Å²) in [5.41, 5.74) is -0.371. The quantitative estimate of drug-likeness (QED) is 0.677. The molecule has 0 aromatic carbocycles. The van der Waals surface area contributed by atoms with Gasteiger partial charge in [-0.2, -0.15) is 0 Å². The molecule has 0 radical (unpaired) electrons. The van der Waals surface area contributed by atoms with E-state index in [2.05, 4.69) is 38.3 Å². The van der Waals surface area contributed by atoms with Gasteiger partial charge in [0, 0.05) is 24.9 Å². The molecule has 124 valence electrons. The van der Waals surface area contributed by atoms with Crippen LogP contribution in [-0.4, -0.2) is 24.9 Å². The van der Waals surface area contributed by atoms with E-state index in [9.17, 15) is 9.59 Å². The molecule has 0 spiro atoms. The summed E-state index contributed by atoms with van der Waals surface area (Å²) >= 11 is 0. The van der Waals surface area contributed by atoms with Gasteiger partial charge in [-0.25, -0.2) is 0 Å². The summed E-state index contributed by atoms with van der Waals surface area (Å²) in [6, 6.07) is 0. The minimum atomic E-state index is -0.371. The summed E-state index contributed by atoms with van der Waals surface area (Å²) < 4.78 is 0. The van der Waals surface area contributed by atoms with Crippen molar-refractivity contribution in [1.29, 1.82) is 0 Å². The maximum atomic E-state index is 11.8. The smallest absolute Gasteiger partial charge is 0.225 e. The third kappa shape index (κ3) is 8.74. The number of hydrogen-bond donors (Lipinski definition) is 2. The van der Waals surface area contributed by atoms with Crippen molar-refractivity contribution in [1.82, 2.24) is 10.6 Å². The van der Waals surface area contributed by atoms with E-state index >= 15 is 0 Å². The zero-order chi connectivity index (χ0) is 16.6. The van der Waals surface area contributed by atoms with E-state index in [0.717, 1.165) is 6.54 Å². The Morgan fingerprint density at radius 2 is 1.48 bits per heavy atom. The molecule has 0 saturated heterocycles. The van der Waals surface area contributed by atoms with Gasteiger partial charge in [-0.15, -0.1) is 0 Å². The predicted octanol–water partition coefficient (Wildman–Crippen LogP) is 2.97. The topological polar surface area (TPSA) is 58.2 Å². The lowest BCUT2D eigenvalue weighted by Gasteiger charge is -2.25. The van der Waals surface area contributed by atoms with Crippen LogP contribution in [0.2, 0.25) is 0 Å². The fourth-order valence-electron chi connectivity index (χ4n) is 2.28. The van der Waals surface area contributed by atoms with Gasteiger partial charge in [-0.05, 0) is 24.2 Å². The van der Waals surface area contributed by atoms with Crippen molar-refractivity contribution in [3.05, 3.63) is 0 Å². The molecule has 2 N–H and O–H groups in total. The second-order valence-electron chi connectivity index (χ2n) is 7.57. The molecule has 0 aliphatic heterocycles. The molecule has 0 aliphatic carbocycles. The largest absolute Gasteiger partial charge is 0.356 e. The van der Waals surface area contributed by atoms with Gasteiger partial charge in [0.15, 0.2) is 0 Å². The van der Waals surface area contributed by atoms with Crippen molar-refractivity contribution in [3.63, 3.8) is 0 Å². The molecule has 0 unspecified atom stereocenters. The fraction of sp³-hybridized carbons (Fsp3) is 0.882. The summed E-state index contributed by atoms with van der Waals surface area (Å²) in [7, 11) is 0. The van der Waals surface area contributed by atoms with Crippen LogP contribution in [0.25, 0.3) is 0 Å². The van der Waals surface area contributed by atoms with Gasteiger partial charge >= 0.3 is 0 Å². The molecular weight excluding hydrogens is 264 g/mol. The number of carbonyl (C=O) groups is 2. The first-order chi connectivity index (χ1) is 9.55. The Morgan fingerprint density at radius 3 is 1.90 bits per heavy atom. The first-order valence-corrected chi connectivity index (χ1v) is 8.10. The average molecular weight is 298 g/mol. The minimum Gasteiger partial charge on any atom is -0.356 e. The van der Waals surface area contributed by atoms with Crippen molar-refractivity contribution in [2.45, 2.75) is 61.3 Å². The standard InChI is InChI=1S/C17H34N2O2/c1-12(2)14(13(3)4)11-19-15(20)9-8-10-18-16(21)17(5,6)7/h12-14H,8-11H2,1-7H3,(H,18,21)(H,19,20). The van der Waals surface area contributed by atoms with E-state index in [-0.39, 0.29) is 17.2 Å². The Bertz CT molecular complexity index is 322. The van der Waals surface area contributed by atoms with E-state index in [1.165, 1.54) is 0 Å². The molecule has 0 atom stereocenters. The first kappa shape index (κ1) is 19.9. The number of carbonyl (C=O) groups excluding carboxylic acids is 2. The average Bonchev–Trinajstić information content (AvgIpc) is 2.32. The minimum absolute atomic E-state index is 0.0302. The SMILES string of the molecule is CC(C)C(CNC(=O)CCCNC(=O)C(C)(C)C)C(C)C. The molecule has 0 heterocycles. The maximum Gasteiger partial charge on any atom is 0.225 e. The molecule has 0 bridgehead atoms. The van der Waals surface area contributed by atoms with Crippen LogP contribution in [0, 0.1) is 23.2 Å². The van der Waals surface area contributed by atoms with Crippen molar-refractivity contribution < 1.29 is 9.59 Å². The molecule has 0 rings (SSSR count). The highest BCUT2D eigenvalue weighted by Gasteiger charge is 2.20. The summed E-state index contributed by atoms with van der Waals surface area (Å²) in [5.74, 6) is 1.75. The Morgan fingerprint density at radius 1 is 0.952 bits per heavy atom. The predicted molar refractivity (Wildman–Crippen MR) is 87.9 cm³/mol. The van der Waals surface area contributed by atoms with E-state index in [4.69, 9.17) is 0 Å². The van der Waals surface area contributed by atoms with Crippen molar-refractivity contribution >= 4 is 11.8 Å². The molecule has 2 amide bonds. The van der Waals surface area contributed by atoms with Crippen LogP contribution in [-0.2, 0) is 9.59 Å². The molecule has 0 saturated carbocycles. The summed E-state index contributed by atoms with van der Waals surface area (Å²) in [6.07, 6.45) is 1.15. The van der Waals surface area contributed by atoms with Crippen LogP contribution in [0.1, 0.15) is 61.3 Å². The van der Waals surface area contributed by atoms with Crippen LogP contribution >= 0.6 is 0 Å². The highest BCUT2D eigenvalue weighted by Crippen LogP contribution is 2.19. The van der Waals surface area contributed by atoms with Gasteiger partial charge in [-0.3, -0.25) is 9.59 Å². The van der Waals surface area contributed by atoms with Crippen LogP contribution < -0.4 is 10.6 Å². The summed E-state index contributed by atoms with van der Waals surface area (Å²) in [5, 5.41) is 5.87. The lowest BCUT2D eigenvalue weighted by atomic mass is 9.85. The molecular formula is C17H34N2O2. The number of amides is 2. The summed E-state index contributed by atoms with van der Waals surface area (Å²) in [4.78, 5) is 23.5. The van der Waals surface area contributed by atoms with Crippen LogP contribution in [0.15, 0.2) is 0 Å². The molecule has 0 aliphatic rings. The van der Waals surface area contributed by atoms with Gasteiger partial charge < -0.3 is 10.6 Å². The molecule has 4 heteroatoms. The van der Waals surface area contributed by atoms with E-state index in [1.54, 1.807) is 0 Å². The van der Waals surface area contributed by atoms with Crippen molar-refractivity contribution in [2.75, 3.05) is 13.1 Å². The van der Waals surface area contributed by atoms with Crippen molar-refractivity contribution in [3.8, 4) is 0 Å². The highest BCUT2D eigenvalue weighted by atomic mass is 16.2. The third-order valence-corrected chi connectivity index (χ3v) is 3.79. The van der Waals surface area contributed by atoms with Gasteiger partial charge in [0.05, 0.1) is 0 Å². The molecule has 0 fully saturated rings. The number of rotatable bonds is 8. The van der Waals surface area contributed by atoms with Crippen molar-refractivity contribution in [2.24, 2.45) is 23.2 Å². The van der Waals surface area contributed by atoms with E-state index in [0.29, 0.717) is 37.1 Å². The normalized spacial score (nSPS) is 12.1. The van der Waals surface area contributed by atoms with E-state index < -0.39 is 0 Å². The highest BCUT2D eigenvalue weighted by molar-refractivity contribution is 5.81.